The first-order valence-corrected chi connectivity index (χ1v) is 7.79. The van der Waals surface area contributed by atoms with Crippen LogP contribution in [-0.4, -0.2) is 53.2 Å². The van der Waals surface area contributed by atoms with Crippen LogP contribution in [0.4, 0.5) is 0 Å². The number of Topliss-reactive ketones (excluding diaryl/α,β-unsaturated/α-hetero) is 1. The summed E-state index contributed by atoms with van der Waals surface area (Å²) < 4.78 is 0. The highest BCUT2D eigenvalue weighted by molar-refractivity contribution is 5.81. The number of hydrogen-bond donors (Lipinski definition) is 0. The molecule has 3 saturated heterocycles. The lowest BCUT2D eigenvalue weighted by Gasteiger charge is -2.45. The van der Waals surface area contributed by atoms with Gasteiger partial charge >= 0.3 is 0 Å². The Morgan fingerprint density at radius 1 is 1.05 bits per heavy atom. The number of ketones is 1. The number of likely N-dealkylation sites (tertiary alicyclic amines) is 1. The second-order valence-corrected chi connectivity index (χ2v) is 6.26. The Hall–Kier alpha value is -0.900. The predicted molar refractivity (Wildman–Crippen MR) is 72.8 cm³/mol. The molecule has 0 radical (unpaired) electrons. The van der Waals surface area contributed by atoms with Crippen LogP contribution in [0.15, 0.2) is 0 Å². The number of fused-ring (bicyclic) bond motifs is 2. The summed E-state index contributed by atoms with van der Waals surface area (Å²) in [5.41, 5.74) is 0. The Kier molecular flexibility index (Phi) is 3.87. The van der Waals surface area contributed by atoms with E-state index in [2.05, 4.69) is 4.90 Å². The molecule has 4 heteroatoms. The number of amides is 1. The SMILES string of the molecule is O=C1CC2CCCC(C1)N2CCC(=O)N1CCCC1. The zero-order chi connectivity index (χ0) is 13.2. The van der Waals surface area contributed by atoms with Crippen LogP contribution < -0.4 is 0 Å². The molecule has 4 nitrogen and oxygen atoms in total. The van der Waals surface area contributed by atoms with Crippen molar-refractivity contribution in [2.24, 2.45) is 0 Å². The Morgan fingerprint density at radius 3 is 2.32 bits per heavy atom. The van der Waals surface area contributed by atoms with E-state index in [-0.39, 0.29) is 0 Å². The van der Waals surface area contributed by atoms with E-state index in [1.54, 1.807) is 0 Å². The van der Waals surface area contributed by atoms with E-state index in [4.69, 9.17) is 0 Å². The van der Waals surface area contributed by atoms with Crippen molar-refractivity contribution in [3.63, 3.8) is 0 Å². The van der Waals surface area contributed by atoms with Crippen molar-refractivity contribution in [3.05, 3.63) is 0 Å². The summed E-state index contributed by atoms with van der Waals surface area (Å²) in [6.45, 7) is 2.76. The first-order chi connectivity index (χ1) is 9.24. The fourth-order valence-electron chi connectivity index (χ4n) is 3.98. The van der Waals surface area contributed by atoms with E-state index in [1.807, 2.05) is 4.90 Å². The van der Waals surface area contributed by atoms with Crippen LogP contribution in [0.3, 0.4) is 0 Å². The molecule has 2 unspecified atom stereocenters. The number of piperidine rings is 2. The summed E-state index contributed by atoms with van der Waals surface area (Å²) in [5.74, 6) is 0.740. The lowest BCUT2D eigenvalue weighted by atomic mass is 9.83. The van der Waals surface area contributed by atoms with E-state index >= 15 is 0 Å². The van der Waals surface area contributed by atoms with E-state index < -0.39 is 0 Å². The van der Waals surface area contributed by atoms with Crippen LogP contribution in [0.1, 0.15) is 51.4 Å². The summed E-state index contributed by atoms with van der Waals surface area (Å²) in [6, 6.07) is 0.845. The second-order valence-electron chi connectivity index (χ2n) is 6.26. The Bertz CT molecular complexity index is 347. The van der Waals surface area contributed by atoms with Crippen molar-refractivity contribution < 1.29 is 9.59 Å². The molecule has 3 rings (SSSR count). The van der Waals surface area contributed by atoms with Crippen LogP contribution in [0.5, 0.6) is 0 Å². The summed E-state index contributed by atoms with van der Waals surface area (Å²) in [7, 11) is 0. The first kappa shape index (κ1) is 13.1. The number of carbonyl (C=O) groups is 2. The van der Waals surface area contributed by atoms with Gasteiger partial charge in [-0.3, -0.25) is 14.5 Å². The second kappa shape index (κ2) is 5.61. The van der Waals surface area contributed by atoms with Crippen molar-refractivity contribution in [1.82, 2.24) is 9.80 Å². The van der Waals surface area contributed by atoms with Crippen molar-refractivity contribution >= 4 is 11.7 Å². The largest absolute Gasteiger partial charge is 0.343 e. The van der Waals surface area contributed by atoms with Crippen molar-refractivity contribution in [3.8, 4) is 0 Å². The van der Waals surface area contributed by atoms with Crippen LogP contribution in [0.25, 0.3) is 0 Å². The molecule has 0 aromatic heterocycles. The average molecular weight is 264 g/mol. The maximum absolute atomic E-state index is 12.1. The minimum absolute atomic E-state index is 0.312. The highest BCUT2D eigenvalue weighted by Gasteiger charge is 2.37. The van der Waals surface area contributed by atoms with Crippen LogP contribution in [-0.2, 0) is 9.59 Å². The predicted octanol–water partition coefficient (Wildman–Crippen LogP) is 1.58. The zero-order valence-electron chi connectivity index (χ0n) is 11.6. The molecule has 2 atom stereocenters. The van der Waals surface area contributed by atoms with Crippen LogP contribution >= 0.6 is 0 Å². The molecular formula is C15H24N2O2. The van der Waals surface area contributed by atoms with Gasteiger partial charge in [0, 0.05) is 51.0 Å². The van der Waals surface area contributed by atoms with Gasteiger partial charge in [-0.15, -0.1) is 0 Å². The normalized spacial score (nSPS) is 31.8. The summed E-state index contributed by atoms with van der Waals surface area (Å²) in [4.78, 5) is 28.2. The molecule has 1 amide bonds. The average Bonchev–Trinajstić information content (AvgIpc) is 2.89. The van der Waals surface area contributed by atoms with Gasteiger partial charge in [0.15, 0.2) is 0 Å². The molecule has 19 heavy (non-hydrogen) atoms. The highest BCUT2D eigenvalue weighted by Crippen LogP contribution is 2.32. The maximum atomic E-state index is 12.1. The Morgan fingerprint density at radius 2 is 1.68 bits per heavy atom. The lowest BCUT2D eigenvalue weighted by molar-refractivity contribution is -0.132. The van der Waals surface area contributed by atoms with E-state index in [1.165, 1.54) is 6.42 Å². The molecule has 3 heterocycles. The topological polar surface area (TPSA) is 40.6 Å². The Balaban J connectivity index is 1.54. The molecular weight excluding hydrogens is 240 g/mol. The highest BCUT2D eigenvalue weighted by atomic mass is 16.2. The molecule has 0 saturated carbocycles. The quantitative estimate of drug-likeness (QED) is 0.777. The number of carbonyl (C=O) groups excluding carboxylic acids is 2. The monoisotopic (exact) mass is 264 g/mol. The molecule has 0 N–H and O–H groups in total. The zero-order valence-corrected chi connectivity index (χ0v) is 11.6. The maximum Gasteiger partial charge on any atom is 0.223 e. The molecule has 0 spiro atoms. The molecule has 106 valence electrons. The smallest absolute Gasteiger partial charge is 0.223 e. The number of hydrogen-bond acceptors (Lipinski definition) is 3. The van der Waals surface area contributed by atoms with Gasteiger partial charge in [-0.1, -0.05) is 6.42 Å². The van der Waals surface area contributed by atoms with Crippen molar-refractivity contribution in [2.75, 3.05) is 19.6 Å². The molecule has 2 bridgehead atoms. The summed E-state index contributed by atoms with van der Waals surface area (Å²) in [5, 5.41) is 0. The third kappa shape index (κ3) is 2.83. The van der Waals surface area contributed by atoms with Gasteiger partial charge < -0.3 is 4.90 Å². The standard InChI is InChI=1S/C15H24N2O2/c18-14-10-12-4-3-5-13(11-14)17(12)9-6-15(19)16-7-1-2-8-16/h12-13H,1-11H2. The van der Waals surface area contributed by atoms with Gasteiger partial charge in [0.25, 0.3) is 0 Å². The van der Waals surface area contributed by atoms with E-state index in [0.29, 0.717) is 43.0 Å². The minimum Gasteiger partial charge on any atom is -0.343 e. The van der Waals surface area contributed by atoms with Crippen molar-refractivity contribution in [1.29, 1.82) is 0 Å². The molecule has 3 aliphatic rings. The third-order valence-corrected chi connectivity index (χ3v) is 4.98. The van der Waals surface area contributed by atoms with Crippen molar-refractivity contribution in [2.45, 2.75) is 63.5 Å². The lowest BCUT2D eigenvalue weighted by Crippen LogP contribution is -2.53. The molecule has 3 fully saturated rings. The van der Waals surface area contributed by atoms with Gasteiger partial charge in [-0.05, 0) is 25.7 Å². The first-order valence-electron chi connectivity index (χ1n) is 7.79. The van der Waals surface area contributed by atoms with Gasteiger partial charge in [-0.25, -0.2) is 0 Å². The van der Waals surface area contributed by atoms with E-state index in [0.717, 1.165) is 45.3 Å². The number of nitrogens with zero attached hydrogens (tertiary/aromatic N) is 2. The van der Waals surface area contributed by atoms with Crippen LogP contribution in [0, 0.1) is 0 Å². The minimum atomic E-state index is 0.312. The fraction of sp³-hybridized carbons (Fsp3) is 0.867. The summed E-state index contributed by atoms with van der Waals surface area (Å²) >= 11 is 0. The molecule has 0 aromatic carbocycles. The van der Waals surface area contributed by atoms with Gasteiger partial charge in [0.2, 0.25) is 5.91 Å². The molecule has 3 aliphatic heterocycles. The molecule has 0 aliphatic carbocycles. The number of rotatable bonds is 3. The Labute approximate surface area is 115 Å². The van der Waals surface area contributed by atoms with Gasteiger partial charge in [0.05, 0.1) is 0 Å². The summed E-state index contributed by atoms with van der Waals surface area (Å²) in [6.07, 6.45) is 7.92. The van der Waals surface area contributed by atoms with Gasteiger partial charge in [-0.2, -0.15) is 0 Å². The van der Waals surface area contributed by atoms with Crippen LogP contribution in [0.2, 0.25) is 0 Å². The molecule has 0 aromatic rings. The van der Waals surface area contributed by atoms with Gasteiger partial charge in [0.1, 0.15) is 5.78 Å². The fourth-order valence-corrected chi connectivity index (χ4v) is 3.98. The van der Waals surface area contributed by atoms with E-state index in [9.17, 15) is 9.59 Å². The third-order valence-electron chi connectivity index (χ3n) is 4.98.